The summed E-state index contributed by atoms with van der Waals surface area (Å²) in [5.74, 6) is 2.10. The van der Waals surface area contributed by atoms with Gasteiger partial charge in [-0.15, -0.1) is 11.3 Å². The molecule has 1 saturated carbocycles. The fourth-order valence-corrected chi connectivity index (χ4v) is 7.05. The number of rotatable bonds is 9. The summed E-state index contributed by atoms with van der Waals surface area (Å²) >= 11 is 1.79. The molecule has 5 rings (SSSR count). The molecule has 2 heterocycles. The lowest BCUT2D eigenvalue weighted by Crippen LogP contribution is -2.44. The van der Waals surface area contributed by atoms with E-state index in [1.807, 2.05) is 18.2 Å². The van der Waals surface area contributed by atoms with Gasteiger partial charge >= 0.3 is 0 Å². The molecule has 1 saturated heterocycles. The van der Waals surface area contributed by atoms with Crippen molar-refractivity contribution in [1.29, 1.82) is 0 Å². The first-order valence-corrected chi connectivity index (χ1v) is 14.2. The number of thiophene rings is 1. The number of methoxy groups -OCH3 is 2. The molecule has 3 aromatic rings. The van der Waals surface area contributed by atoms with Gasteiger partial charge in [-0.3, -0.25) is 9.69 Å². The van der Waals surface area contributed by atoms with Crippen molar-refractivity contribution in [2.24, 2.45) is 5.92 Å². The number of hydrogen-bond acceptors (Lipinski definition) is 5. The lowest BCUT2D eigenvalue weighted by Gasteiger charge is -2.34. The molecule has 5 nitrogen and oxygen atoms in total. The van der Waals surface area contributed by atoms with Crippen LogP contribution in [0.25, 0.3) is 10.1 Å². The highest BCUT2D eigenvalue weighted by molar-refractivity contribution is 7.19. The third-order valence-corrected chi connectivity index (χ3v) is 8.99. The van der Waals surface area contributed by atoms with Crippen LogP contribution in [0.1, 0.15) is 60.2 Å². The van der Waals surface area contributed by atoms with Gasteiger partial charge in [-0.05, 0) is 73.9 Å². The van der Waals surface area contributed by atoms with E-state index in [-0.39, 0.29) is 5.91 Å². The second-order valence-electron chi connectivity index (χ2n) is 10.3. The van der Waals surface area contributed by atoms with E-state index in [4.69, 9.17) is 9.47 Å². The Bertz CT molecular complexity index is 1140. The van der Waals surface area contributed by atoms with Gasteiger partial charge in [-0.25, -0.2) is 0 Å². The predicted molar refractivity (Wildman–Crippen MR) is 147 cm³/mol. The maximum Gasteiger partial charge on any atom is 0.254 e. The predicted octanol–water partition coefficient (Wildman–Crippen LogP) is 6.61. The lowest BCUT2D eigenvalue weighted by atomic mass is 9.89. The van der Waals surface area contributed by atoms with Crippen LogP contribution in [-0.4, -0.2) is 55.6 Å². The van der Waals surface area contributed by atoms with Crippen LogP contribution in [0.5, 0.6) is 11.5 Å². The molecule has 0 radical (unpaired) electrons. The molecule has 1 atom stereocenters. The van der Waals surface area contributed by atoms with Gasteiger partial charge in [0.2, 0.25) is 0 Å². The zero-order chi connectivity index (χ0) is 24.9. The lowest BCUT2D eigenvalue weighted by molar-refractivity contribution is 0.0678. The number of benzene rings is 2. The summed E-state index contributed by atoms with van der Waals surface area (Å²) in [4.78, 5) is 19.9. The number of likely N-dealkylation sites (tertiary alicyclic amines) is 1. The van der Waals surface area contributed by atoms with Crippen molar-refractivity contribution in [1.82, 2.24) is 9.80 Å². The Balaban J connectivity index is 1.38. The van der Waals surface area contributed by atoms with Gasteiger partial charge in [-0.2, -0.15) is 0 Å². The average Bonchev–Trinajstić information content (AvgIpc) is 3.54. The average molecular weight is 507 g/mol. The second kappa shape index (κ2) is 11.7. The van der Waals surface area contributed by atoms with Crippen LogP contribution >= 0.6 is 11.3 Å². The molecule has 1 aromatic heterocycles. The number of nitrogens with zero attached hydrogens (tertiary/aromatic N) is 2. The van der Waals surface area contributed by atoms with E-state index in [0.29, 0.717) is 29.6 Å². The number of amides is 1. The highest BCUT2D eigenvalue weighted by Gasteiger charge is 2.31. The van der Waals surface area contributed by atoms with Gasteiger partial charge in [0.15, 0.2) is 11.5 Å². The quantitative estimate of drug-likeness (QED) is 0.328. The first kappa shape index (κ1) is 25.1. The maximum atomic E-state index is 13.9. The highest BCUT2D eigenvalue weighted by atomic mass is 32.1. The van der Waals surface area contributed by atoms with Crippen molar-refractivity contribution >= 4 is 27.3 Å². The largest absolute Gasteiger partial charge is 0.493 e. The Kier molecular flexibility index (Phi) is 8.12. The highest BCUT2D eigenvalue weighted by Crippen LogP contribution is 2.32. The first-order valence-electron chi connectivity index (χ1n) is 13.4. The van der Waals surface area contributed by atoms with Crippen molar-refractivity contribution in [2.75, 3.05) is 33.9 Å². The zero-order valence-corrected chi connectivity index (χ0v) is 22.4. The molecule has 192 valence electrons. The molecular formula is C30H38N2O3S. The fraction of sp³-hybridized carbons (Fsp3) is 0.500. The SMILES string of the molecule is COc1ccc(C(=O)N(Cc2cc3ccccc3s2)C[C@@H]2CCCN2CC2CCCCC2)cc1OC. The molecule has 2 fully saturated rings. The minimum atomic E-state index is 0.0536. The molecule has 0 bridgehead atoms. The first-order chi connectivity index (χ1) is 17.6. The smallest absolute Gasteiger partial charge is 0.254 e. The second-order valence-corrected chi connectivity index (χ2v) is 11.5. The van der Waals surface area contributed by atoms with E-state index in [1.165, 1.54) is 60.0 Å². The Hall–Kier alpha value is -2.57. The van der Waals surface area contributed by atoms with Crippen LogP contribution in [0.2, 0.25) is 0 Å². The Labute approximate surface area is 219 Å². The minimum absolute atomic E-state index is 0.0536. The molecule has 2 aliphatic rings. The van der Waals surface area contributed by atoms with Crippen LogP contribution in [0.3, 0.4) is 0 Å². The van der Waals surface area contributed by atoms with Crippen LogP contribution in [0.15, 0.2) is 48.5 Å². The normalized spacial score (nSPS) is 19.0. The zero-order valence-electron chi connectivity index (χ0n) is 21.6. The van der Waals surface area contributed by atoms with Crippen LogP contribution in [0.4, 0.5) is 0 Å². The number of carbonyl (C=O) groups is 1. The third kappa shape index (κ3) is 5.70. The summed E-state index contributed by atoms with van der Waals surface area (Å²) in [6.07, 6.45) is 9.24. The Morgan fingerprint density at radius 2 is 1.78 bits per heavy atom. The summed E-state index contributed by atoms with van der Waals surface area (Å²) in [6, 6.07) is 16.6. The van der Waals surface area contributed by atoms with Gasteiger partial charge in [0.25, 0.3) is 5.91 Å². The summed E-state index contributed by atoms with van der Waals surface area (Å²) < 4.78 is 12.2. The van der Waals surface area contributed by atoms with Crippen LogP contribution < -0.4 is 9.47 Å². The van der Waals surface area contributed by atoms with Gasteiger partial charge < -0.3 is 14.4 Å². The van der Waals surface area contributed by atoms with Crippen molar-refractivity contribution in [3.8, 4) is 11.5 Å². The third-order valence-electron chi connectivity index (χ3n) is 7.89. The number of ether oxygens (including phenoxy) is 2. The van der Waals surface area contributed by atoms with Gasteiger partial charge in [0.1, 0.15) is 0 Å². The molecule has 1 amide bonds. The topological polar surface area (TPSA) is 42.0 Å². The number of hydrogen-bond donors (Lipinski definition) is 0. The minimum Gasteiger partial charge on any atom is -0.493 e. The Morgan fingerprint density at radius 1 is 0.972 bits per heavy atom. The van der Waals surface area contributed by atoms with Gasteiger partial charge in [0, 0.05) is 34.3 Å². The van der Waals surface area contributed by atoms with Crippen LogP contribution in [-0.2, 0) is 6.54 Å². The van der Waals surface area contributed by atoms with E-state index in [1.54, 1.807) is 25.6 Å². The molecular weight excluding hydrogens is 468 g/mol. The van der Waals surface area contributed by atoms with Gasteiger partial charge in [-0.1, -0.05) is 37.5 Å². The fourth-order valence-electron chi connectivity index (χ4n) is 5.97. The standard InChI is InChI=1S/C30H38N2O3S/c1-34-27-15-14-24(18-28(27)35-2)30(33)32(21-26-17-23-11-6-7-13-29(23)36-26)20-25-12-8-16-31(25)19-22-9-4-3-5-10-22/h6-7,11,13-15,17-18,22,25H,3-5,8-10,12,16,19-21H2,1-2H3/t25-/m0/s1. The summed E-state index contributed by atoms with van der Waals surface area (Å²) in [6.45, 7) is 3.73. The van der Waals surface area contributed by atoms with Crippen molar-refractivity contribution in [2.45, 2.75) is 57.5 Å². The van der Waals surface area contributed by atoms with Crippen molar-refractivity contribution < 1.29 is 14.3 Å². The van der Waals surface area contributed by atoms with E-state index in [2.05, 4.69) is 40.1 Å². The van der Waals surface area contributed by atoms with E-state index < -0.39 is 0 Å². The molecule has 0 N–H and O–H groups in total. The molecule has 1 aliphatic heterocycles. The molecule has 0 spiro atoms. The van der Waals surface area contributed by atoms with Crippen LogP contribution in [0, 0.1) is 5.92 Å². The van der Waals surface area contributed by atoms with Crippen molar-refractivity contribution in [3.63, 3.8) is 0 Å². The van der Waals surface area contributed by atoms with E-state index in [9.17, 15) is 4.79 Å². The molecule has 36 heavy (non-hydrogen) atoms. The van der Waals surface area contributed by atoms with E-state index in [0.717, 1.165) is 25.4 Å². The number of carbonyl (C=O) groups excluding carboxylic acids is 1. The number of fused-ring (bicyclic) bond motifs is 1. The van der Waals surface area contributed by atoms with E-state index >= 15 is 0 Å². The maximum absolute atomic E-state index is 13.9. The summed E-state index contributed by atoms with van der Waals surface area (Å²) in [5.41, 5.74) is 0.644. The molecule has 0 unspecified atom stereocenters. The summed E-state index contributed by atoms with van der Waals surface area (Å²) in [5, 5.41) is 1.25. The summed E-state index contributed by atoms with van der Waals surface area (Å²) in [7, 11) is 3.23. The Morgan fingerprint density at radius 3 is 2.56 bits per heavy atom. The molecule has 2 aromatic carbocycles. The monoisotopic (exact) mass is 506 g/mol. The molecule has 1 aliphatic carbocycles. The molecule has 6 heteroatoms. The van der Waals surface area contributed by atoms with Gasteiger partial charge in [0.05, 0.1) is 20.8 Å². The van der Waals surface area contributed by atoms with Crippen molar-refractivity contribution in [3.05, 3.63) is 59.0 Å².